The number of carbonyl (C=O) groups excluding carboxylic acids is 1. The van der Waals surface area contributed by atoms with E-state index in [0.717, 1.165) is 11.8 Å². The molecule has 1 rings (SSSR count). The van der Waals surface area contributed by atoms with Crippen LogP contribution in [0.5, 0.6) is 0 Å². The van der Waals surface area contributed by atoms with Gasteiger partial charge in [-0.1, -0.05) is 67.0 Å². The topological polar surface area (TPSA) is 29.1 Å². The molecule has 0 saturated heterocycles. The molecule has 2 nitrogen and oxygen atoms in total. The molecule has 0 heterocycles. The summed E-state index contributed by atoms with van der Waals surface area (Å²) in [5, 5.41) is 3.89. The van der Waals surface area contributed by atoms with Gasteiger partial charge in [-0.2, -0.15) is 0 Å². The first-order valence-electron chi connectivity index (χ1n) is 6.44. The third-order valence-corrected chi connectivity index (χ3v) is 4.05. The van der Waals surface area contributed by atoms with Crippen molar-refractivity contribution in [2.75, 3.05) is 5.33 Å². The number of amides is 1. The number of benzene rings is 1. The standard InChI is InChI=1S/C15H22BrNO/c1-11(2)12(3)15(18)17-14(10-16)9-13-7-5-4-6-8-13/h4-8,11-12,14H,9-10H2,1-3H3,(H,17,18). The molecule has 3 heteroatoms. The fourth-order valence-corrected chi connectivity index (χ4v) is 2.07. The molecule has 0 aromatic heterocycles. The van der Waals surface area contributed by atoms with Gasteiger partial charge in [0.05, 0.1) is 0 Å². The summed E-state index contributed by atoms with van der Waals surface area (Å²) < 4.78 is 0. The van der Waals surface area contributed by atoms with Gasteiger partial charge in [0.15, 0.2) is 0 Å². The fraction of sp³-hybridized carbons (Fsp3) is 0.533. The Morgan fingerprint density at radius 3 is 2.33 bits per heavy atom. The second kappa shape index (κ2) is 7.57. The first kappa shape index (κ1) is 15.2. The average molecular weight is 312 g/mol. The fourth-order valence-electron chi connectivity index (χ4n) is 1.68. The van der Waals surface area contributed by atoms with Gasteiger partial charge in [-0.15, -0.1) is 0 Å². The molecule has 0 spiro atoms. The molecule has 0 fully saturated rings. The third-order valence-electron chi connectivity index (χ3n) is 3.27. The Morgan fingerprint density at radius 2 is 1.83 bits per heavy atom. The molecule has 1 amide bonds. The largest absolute Gasteiger partial charge is 0.352 e. The Morgan fingerprint density at radius 1 is 1.22 bits per heavy atom. The van der Waals surface area contributed by atoms with Crippen LogP contribution in [-0.2, 0) is 11.2 Å². The third kappa shape index (κ3) is 4.81. The van der Waals surface area contributed by atoms with Gasteiger partial charge in [0, 0.05) is 17.3 Å². The van der Waals surface area contributed by atoms with E-state index in [9.17, 15) is 4.79 Å². The summed E-state index contributed by atoms with van der Waals surface area (Å²) in [4.78, 5) is 12.0. The van der Waals surface area contributed by atoms with Gasteiger partial charge in [0.1, 0.15) is 0 Å². The predicted molar refractivity (Wildman–Crippen MR) is 79.9 cm³/mol. The van der Waals surface area contributed by atoms with Crippen molar-refractivity contribution in [1.29, 1.82) is 0 Å². The quantitative estimate of drug-likeness (QED) is 0.802. The second-order valence-electron chi connectivity index (χ2n) is 5.08. The van der Waals surface area contributed by atoms with Crippen molar-refractivity contribution < 1.29 is 4.79 Å². The molecule has 18 heavy (non-hydrogen) atoms. The molecule has 100 valence electrons. The number of hydrogen-bond acceptors (Lipinski definition) is 1. The van der Waals surface area contributed by atoms with E-state index in [0.29, 0.717) is 5.92 Å². The summed E-state index contributed by atoms with van der Waals surface area (Å²) in [6, 6.07) is 10.4. The summed E-state index contributed by atoms with van der Waals surface area (Å²) in [7, 11) is 0. The zero-order chi connectivity index (χ0) is 13.5. The summed E-state index contributed by atoms with van der Waals surface area (Å²) in [6.07, 6.45) is 0.864. The Balaban J connectivity index is 2.55. The van der Waals surface area contributed by atoms with Gasteiger partial charge in [0.25, 0.3) is 0 Å². The van der Waals surface area contributed by atoms with Gasteiger partial charge in [0.2, 0.25) is 5.91 Å². The van der Waals surface area contributed by atoms with Gasteiger partial charge >= 0.3 is 0 Å². The zero-order valence-corrected chi connectivity index (χ0v) is 12.9. The first-order valence-corrected chi connectivity index (χ1v) is 7.57. The molecule has 0 aliphatic rings. The SMILES string of the molecule is CC(C)C(C)C(=O)NC(CBr)Cc1ccccc1. The van der Waals surface area contributed by atoms with Crippen LogP contribution in [0.1, 0.15) is 26.3 Å². The van der Waals surface area contributed by atoms with Crippen LogP contribution >= 0.6 is 15.9 Å². The number of carbonyl (C=O) groups is 1. The van der Waals surface area contributed by atoms with E-state index in [4.69, 9.17) is 0 Å². The minimum Gasteiger partial charge on any atom is -0.352 e. The second-order valence-corrected chi connectivity index (χ2v) is 5.73. The van der Waals surface area contributed by atoms with Crippen LogP contribution in [0.4, 0.5) is 0 Å². The normalized spacial score (nSPS) is 14.3. The van der Waals surface area contributed by atoms with Crippen molar-refractivity contribution in [3.05, 3.63) is 35.9 Å². The molecule has 1 aromatic rings. The minimum atomic E-state index is 0.0577. The van der Waals surface area contributed by atoms with Crippen molar-refractivity contribution in [2.45, 2.75) is 33.2 Å². The molecule has 2 unspecified atom stereocenters. The van der Waals surface area contributed by atoms with E-state index in [-0.39, 0.29) is 17.9 Å². The summed E-state index contributed by atoms with van der Waals surface area (Å²) in [5.41, 5.74) is 1.25. The van der Waals surface area contributed by atoms with Crippen molar-refractivity contribution in [3.63, 3.8) is 0 Å². The number of hydrogen-bond donors (Lipinski definition) is 1. The van der Waals surface area contributed by atoms with Crippen LogP contribution in [0.2, 0.25) is 0 Å². The van der Waals surface area contributed by atoms with Gasteiger partial charge in [-0.25, -0.2) is 0 Å². The number of halogens is 1. The zero-order valence-electron chi connectivity index (χ0n) is 11.3. The smallest absolute Gasteiger partial charge is 0.223 e. The van der Waals surface area contributed by atoms with E-state index >= 15 is 0 Å². The highest BCUT2D eigenvalue weighted by Gasteiger charge is 2.19. The Labute approximate surface area is 118 Å². The van der Waals surface area contributed by atoms with Crippen LogP contribution in [0.3, 0.4) is 0 Å². The Bertz CT molecular complexity index is 364. The maximum atomic E-state index is 12.0. The number of rotatable bonds is 6. The Hall–Kier alpha value is -0.830. The average Bonchev–Trinajstić information content (AvgIpc) is 2.37. The van der Waals surface area contributed by atoms with Crippen molar-refractivity contribution in [1.82, 2.24) is 5.32 Å². The molecule has 0 bridgehead atoms. The van der Waals surface area contributed by atoms with Crippen LogP contribution in [0, 0.1) is 11.8 Å². The van der Waals surface area contributed by atoms with Gasteiger partial charge in [-0.05, 0) is 17.9 Å². The van der Waals surface area contributed by atoms with Crippen LogP contribution in [0.15, 0.2) is 30.3 Å². The Kier molecular flexibility index (Phi) is 6.41. The van der Waals surface area contributed by atoms with Crippen LogP contribution in [0.25, 0.3) is 0 Å². The van der Waals surface area contributed by atoms with E-state index in [1.807, 2.05) is 25.1 Å². The van der Waals surface area contributed by atoms with Crippen molar-refractivity contribution in [2.24, 2.45) is 11.8 Å². The van der Waals surface area contributed by atoms with Gasteiger partial charge < -0.3 is 5.32 Å². The van der Waals surface area contributed by atoms with E-state index in [2.05, 4.69) is 47.2 Å². The lowest BCUT2D eigenvalue weighted by molar-refractivity contribution is -0.126. The molecule has 0 radical (unpaired) electrons. The lowest BCUT2D eigenvalue weighted by atomic mass is 9.96. The van der Waals surface area contributed by atoms with E-state index < -0.39 is 0 Å². The molecular formula is C15H22BrNO. The summed E-state index contributed by atoms with van der Waals surface area (Å²) in [6.45, 7) is 6.13. The molecule has 2 atom stereocenters. The lowest BCUT2D eigenvalue weighted by Crippen LogP contribution is -2.41. The summed E-state index contributed by atoms with van der Waals surface area (Å²) >= 11 is 3.47. The van der Waals surface area contributed by atoms with Crippen LogP contribution in [-0.4, -0.2) is 17.3 Å². The monoisotopic (exact) mass is 311 g/mol. The molecule has 1 aromatic carbocycles. The summed E-state index contributed by atoms with van der Waals surface area (Å²) in [5.74, 6) is 0.574. The lowest BCUT2D eigenvalue weighted by Gasteiger charge is -2.21. The van der Waals surface area contributed by atoms with Gasteiger partial charge in [-0.3, -0.25) is 4.79 Å². The number of alkyl halides is 1. The molecule has 0 saturated carbocycles. The maximum absolute atomic E-state index is 12.0. The highest BCUT2D eigenvalue weighted by Crippen LogP contribution is 2.11. The molecular weight excluding hydrogens is 290 g/mol. The van der Waals surface area contributed by atoms with Crippen LogP contribution < -0.4 is 5.32 Å². The predicted octanol–water partition coefficient (Wildman–Crippen LogP) is 3.40. The van der Waals surface area contributed by atoms with Crippen molar-refractivity contribution in [3.8, 4) is 0 Å². The van der Waals surface area contributed by atoms with E-state index in [1.165, 1.54) is 5.56 Å². The van der Waals surface area contributed by atoms with E-state index in [1.54, 1.807) is 0 Å². The maximum Gasteiger partial charge on any atom is 0.223 e. The first-order chi connectivity index (χ1) is 8.54. The molecule has 0 aliphatic heterocycles. The molecule has 0 aliphatic carbocycles. The minimum absolute atomic E-state index is 0.0577. The molecule has 1 N–H and O–H groups in total. The highest BCUT2D eigenvalue weighted by atomic mass is 79.9. The highest BCUT2D eigenvalue weighted by molar-refractivity contribution is 9.09. The van der Waals surface area contributed by atoms with Crippen molar-refractivity contribution >= 4 is 21.8 Å². The number of nitrogens with one attached hydrogen (secondary N) is 1.